The lowest BCUT2D eigenvalue weighted by atomic mass is 9.66. The van der Waals surface area contributed by atoms with Gasteiger partial charge in [0.1, 0.15) is 0 Å². The van der Waals surface area contributed by atoms with Crippen LogP contribution in [0.5, 0.6) is 0 Å². The molecule has 2 aliphatic carbocycles. The fraction of sp³-hybridized carbons (Fsp3) is 0.692. The van der Waals surface area contributed by atoms with E-state index in [0.29, 0.717) is 5.41 Å². The van der Waals surface area contributed by atoms with Gasteiger partial charge in [-0.1, -0.05) is 51.0 Å². The molecule has 0 N–H and O–H groups in total. The largest absolute Gasteiger partial charge is 0.0808 e. The lowest BCUT2D eigenvalue weighted by Gasteiger charge is -2.38. The van der Waals surface area contributed by atoms with E-state index < -0.39 is 0 Å². The molecule has 0 aliphatic heterocycles. The Labute approximate surface area is 81.7 Å². The average molecular weight is 176 g/mol. The summed E-state index contributed by atoms with van der Waals surface area (Å²) in [5.74, 6) is 1.66. The minimum absolute atomic E-state index is 0.450. The quantitative estimate of drug-likeness (QED) is 0.567. The Morgan fingerprint density at radius 1 is 1.15 bits per heavy atom. The average Bonchev–Trinajstić information content (AvgIpc) is 2.63. The van der Waals surface area contributed by atoms with Crippen LogP contribution in [-0.2, 0) is 0 Å². The second-order valence-electron chi connectivity index (χ2n) is 4.88. The fourth-order valence-corrected chi connectivity index (χ4v) is 2.91. The molecule has 2 unspecified atom stereocenters. The van der Waals surface area contributed by atoms with Crippen LogP contribution >= 0.6 is 0 Å². The molecule has 2 aliphatic rings. The zero-order valence-corrected chi connectivity index (χ0v) is 8.79. The van der Waals surface area contributed by atoms with Crippen LogP contribution in [-0.4, -0.2) is 0 Å². The maximum Gasteiger partial charge on any atom is -0.00550 e. The Kier molecular flexibility index (Phi) is 2.31. The highest BCUT2D eigenvalue weighted by Crippen LogP contribution is 2.47. The van der Waals surface area contributed by atoms with Crippen molar-refractivity contribution in [3.8, 4) is 0 Å². The highest BCUT2D eigenvalue weighted by molar-refractivity contribution is 5.19. The number of hydrogen-bond donors (Lipinski definition) is 0. The van der Waals surface area contributed by atoms with E-state index in [9.17, 15) is 0 Å². The van der Waals surface area contributed by atoms with Crippen molar-refractivity contribution in [3.63, 3.8) is 0 Å². The molecule has 0 aromatic heterocycles. The third-order valence-corrected chi connectivity index (χ3v) is 4.18. The molecule has 0 bridgehead atoms. The zero-order valence-electron chi connectivity index (χ0n) is 8.79. The summed E-state index contributed by atoms with van der Waals surface area (Å²) in [4.78, 5) is 0. The number of allylic oxidation sites excluding steroid dienone is 4. The van der Waals surface area contributed by atoms with Gasteiger partial charge in [-0.2, -0.15) is 0 Å². The van der Waals surface area contributed by atoms with Crippen molar-refractivity contribution in [2.24, 2.45) is 17.3 Å². The summed E-state index contributed by atoms with van der Waals surface area (Å²) in [6.07, 6.45) is 15.0. The third-order valence-electron chi connectivity index (χ3n) is 4.18. The van der Waals surface area contributed by atoms with Crippen LogP contribution in [0.15, 0.2) is 24.3 Å². The molecule has 0 aromatic rings. The highest BCUT2D eigenvalue weighted by Gasteiger charge is 2.37. The van der Waals surface area contributed by atoms with Gasteiger partial charge in [0, 0.05) is 0 Å². The Bertz CT molecular complexity index is 230. The van der Waals surface area contributed by atoms with Gasteiger partial charge in [-0.15, -0.1) is 0 Å². The SMILES string of the molecule is CC1C=CC=CC1(C)C1CCCC1. The topological polar surface area (TPSA) is 0 Å². The van der Waals surface area contributed by atoms with Gasteiger partial charge in [-0.25, -0.2) is 0 Å². The molecule has 2 rings (SSSR count). The number of rotatable bonds is 1. The van der Waals surface area contributed by atoms with Gasteiger partial charge in [0.05, 0.1) is 0 Å². The Morgan fingerprint density at radius 3 is 2.46 bits per heavy atom. The minimum atomic E-state index is 0.450. The third kappa shape index (κ3) is 1.47. The summed E-state index contributed by atoms with van der Waals surface area (Å²) in [5.41, 5.74) is 0.450. The summed E-state index contributed by atoms with van der Waals surface area (Å²) in [6, 6.07) is 0. The Balaban J connectivity index is 2.18. The monoisotopic (exact) mass is 176 g/mol. The molecule has 0 nitrogen and oxygen atoms in total. The first-order chi connectivity index (χ1) is 6.23. The maximum absolute atomic E-state index is 2.44. The predicted molar refractivity (Wildman–Crippen MR) is 57.5 cm³/mol. The molecule has 0 saturated heterocycles. The van der Waals surface area contributed by atoms with Gasteiger partial charge in [-0.05, 0) is 30.1 Å². The van der Waals surface area contributed by atoms with Crippen molar-refractivity contribution in [2.75, 3.05) is 0 Å². The first kappa shape index (κ1) is 9.05. The molecular formula is C13H20. The highest BCUT2D eigenvalue weighted by atomic mass is 14.4. The van der Waals surface area contributed by atoms with Crippen LogP contribution in [0.1, 0.15) is 39.5 Å². The molecule has 1 saturated carbocycles. The number of hydrogen-bond acceptors (Lipinski definition) is 0. The molecule has 0 spiro atoms. The van der Waals surface area contributed by atoms with E-state index in [4.69, 9.17) is 0 Å². The van der Waals surface area contributed by atoms with E-state index in [1.165, 1.54) is 25.7 Å². The Morgan fingerprint density at radius 2 is 1.85 bits per heavy atom. The summed E-state index contributed by atoms with van der Waals surface area (Å²) in [6.45, 7) is 4.80. The van der Waals surface area contributed by atoms with Crippen LogP contribution in [0.3, 0.4) is 0 Å². The second-order valence-corrected chi connectivity index (χ2v) is 4.88. The van der Waals surface area contributed by atoms with Crippen LogP contribution in [0, 0.1) is 17.3 Å². The maximum atomic E-state index is 2.44. The van der Waals surface area contributed by atoms with Gasteiger partial charge in [-0.3, -0.25) is 0 Å². The normalized spacial score (nSPS) is 40.0. The first-order valence-electron chi connectivity index (χ1n) is 5.59. The van der Waals surface area contributed by atoms with Gasteiger partial charge in [0.15, 0.2) is 0 Å². The zero-order chi connectivity index (χ0) is 9.31. The summed E-state index contributed by atoms with van der Waals surface area (Å²) < 4.78 is 0. The van der Waals surface area contributed by atoms with Crippen molar-refractivity contribution in [3.05, 3.63) is 24.3 Å². The molecule has 0 radical (unpaired) electrons. The van der Waals surface area contributed by atoms with Crippen molar-refractivity contribution in [2.45, 2.75) is 39.5 Å². The lowest BCUT2D eigenvalue weighted by molar-refractivity contribution is 0.197. The second kappa shape index (κ2) is 3.32. The fourth-order valence-electron chi connectivity index (χ4n) is 2.91. The minimum Gasteiger partial charge on any atom is -0.0808 e. The molecule has 72 valence electrons. The van der Waals surface area contributed by atoms with E-state index in [1.54, 1.807) is 0 Å². The van der Waals surface area contributed by atoms with E-state index in [0.717, 1.165) is 11.8 Å². The van der Waals surface area contributed by atoms with Crippen molar-refractivity contribution in [1.29, 1.82) is 0 Å². The van der Waals surface area contributed by atoms with Crippen LogP contribution in [0.25, 0.3) is 0 Å². The van der Waals surface area contributed by atoms with Crippen LogP contribution in [0.2, 0.25) is 0 Å². The van der Waals surface area contributed by atoms with Crippen LogP contribution in [0.4, 0.5) is 0 Å². The van der Waals surface area contributed by atoms with Gasteiger partial charge >= 0.3 is 0 Å². The van der Waals surface area contributed by atoms with Gasteiger partial charge in [0.25, 0.3) is 0 Å². The van der Waals surface area contributed by atoms with Crippen molar-refractivity contribution in [1.82, 2.24) is 0 Å². The molecule has 0 aromatic carbocycles. The predicted octanol–water partition coefficient (Wildman–Crippen LogP) is 3.95. The lowest BCUT2D eigenvalue weighted by Crippen LogP contribution is -2.30. The molecular weight excluding hydrogens is 156 g/mol. The van der Waals surface area contributed by atoms with Crippen molar-refractivity contribution < 1.29 is 0 Å². The molecule has 1 fully saturated rings. The van der Waals surface area contributed by atoms with Crippen molar-refractivity contribution >= 4 is 0 Å². The molecule has 13 heavy (non-hydrogen) atoms. The van der Waals surface area contributed by atoms with E-state index in [1.807, 2.05) is 0 Å². The standard InChI is InChI=1S/C13H20/c1-11-7-5-6-10-13(11,2)12-8-3-4-9-12/h5-7,10-12H,3-4,8-9H2,1-2H3. The van der Waals surface area contributed by atoms with E-state index in [-0.39, 0.29) is 0 Å². The molecule has 0 heterocycles. The van der Waals surface area contributed by atoms with E-state index >= 15 is 0 Å². The van der Waals surface area contributed by atoms with Crippen LogP contribution < -0.4 is 0 Å². The molecule has 0 amide bonds. The summed E-state index contributed by atoms with van der Waals surface area (Å²) in [7, 11) is 0. The first-order valence-corrected chi connectivity index (χ1v) is 5.59. The molecule has 0 heteroatoms. The van der Waals surface area contributed by atoms with E-state index in [2.05, 4.69) is 38.2 Å². The summed E-state index contributed by atoms with van der Waals surface area (Å²) >= 11 is 0. The Hall–Kier alpha value is -0.520. The van der Waals surface area contributed by atoms with Gasteiger partial charge in [0.2, 0.25) is 0 Å². The smallest absolute Gasteiger partial charge is 0.00550 e. The summed E-state index contributed by atoms with van der Waals surface area (Å²) in [5, 5.41) is 0. The van der Waals surface area contributed by atoms with Gasteiger partial charge < -0.3 is 0 Å². The molecule has 2 atom stereocenters.